The second-order valence-corrected chi connectivity index (χ2v) is 4.51. The molecule has 1 saturated carbocycles. The molecule has 4 heteroatoms. The first-order valence-electron chi connectivity index (χ1n) is 5.60. The van der Waals surface area contributed by atoms with Crippen molar-refractivity contribution in [1.82, 2.24) is 10.1 Å². The molecule has 4 nitrogen and oxygen atoms in total. The molecule has 1 aromatic heterocycles. The quantitative estimate of drug-likeness (QED) is 0.746. The molecule has 2 N–H and O–H groups in total. The molecule has 0 bridgehead atoms. The van der Waals surface area contributed by atoms with E-state index in [1.165, 1.54) is 19.3 Å². The molecule has 0 saturated heterocycles. The van der Waals surface area contributed by atoms with Crippen molar-refractivity contribution in [1.29, 1.82) is 0 Å². The SMILES string of the molecule is NC1C=CC(c2nc(C3CCC3)no2)C1. The van der Waals surface area contributed by atoms with E-state index in [-0.39, 0.29) is 12.0 Å². The molecule has 0 aromatic carbocycles. The van der Waals surface area contributed by atoms with Crippen LogP contribution in [0.15, 0.2) is 16.7 Å². The maximum atomic E-state index is 5.79. The lowest BCUT2D eigenvalue weighted by Gasteiger charge is -2.21. The molecule has 0 amide bonds. The van der Waals surface area contributed by atoms with Crippen molar-refractivity contribution in [2.45, 2.75) is 43.6 Å². The van der Waals surface area contributed by atoms with Crippen LogP contribution in [0.25, 0.3) is 0 Å². The van der Waals surface area contributed by atoms with Gasteiger partial charge in [0.05, 0.1) is 5.92 Å². The Balaban J connectivity index is 1.75. The zero-order chi connectivity index (χ0) is 10.3. The topological polar surface area (TPSA) is 64.9 Å². The van der Waals surface area contributed by atoms with E-state index < -0.39 is 0 Å². The molecular formula is C11H15N3O. The maximum absolute atomic E-state index is 5.79. The van der Waals surface area contributed by atoms with Gasteiger partial charge in [0.15, 0.2) is 5.82 Å². The smallest absolute Gasteiger partial charge is 0.233 e. The van der Waals surface area contributed by atoms with Crippen LogP contribution in [0, 0.1) is 0 Å². The summed E-state index contributed by atoms with van der Waals surface area (Å²) in [4.78, 5) is 4.46. The second-order valence-electron chi connectivity index (χ2n) is 4.51. The molecule has 0 spiro atoms. The fraction of sp³-hybridized carbons (Fsp3) is 0.636. The van der Waals surface area contributed by atoms with Gasteiger partial charge in [0.25, 0.3) is 0 Å². The van der Waals surface area contributed by atoms with Crippen molar-refractivity contribution in [2.75, 3.05) is 0 Å². The van der Waals surface area contributed by atoms with Crippen molar-refractivity contribution in [2.24, 2.45) is 5.73 Å². The number of allylic oxidation sites excluding steroid dienone is 1. The third-order valence-corrected chi connectivity index (χ3v) is 3.36. The predicted octanol–water partition coefficient (Wildman–Crippen LogP) is 1.71. The van der Waals surface area contributed by atoms with Gasteiger partial charge in [-0.3, -0.25) is 0 Å². The Morgan fingerprint density at radius 1 is 1.33 bits per heavy atom. The molecule has 2 aliphatic carbocycles. The highest BCUT2D eigenvalue weighted by Gasteiger charge is 2.28. The molecule has 2 aliphatic rings. The van der Waals surface area contributed by atoms with Gasteiger partial charge in [-0.05, 0) is 19.3 Å². The molecule has 1 heterocycles. The molecule has 0 radical (unpaired) electrons. The van der Waals surface area contributed by atoms with Crippen LogP contribution in [0.3, 0.4) is 0 Å². The molecule has 2 atom stereocenters. The first kappa shape index (κ1) is 9.09. The largest absolute Gasteiger partial charge is 0.339 e. The lowest BCUT2D eigenvalue weighted by molar-refractivity contribution is 0.340. The Morgan fingerprint density at radius 3 is 2.80 bits per heavy atom. The second kappa shape index (κ2) is 3.45. The fourth-order valence-electron chi connectivity index (χ4n) is 2.14. The van der Waals surface area contributed by atoms with Gasteiger partial charge in [-0.25, -0.2) is 0 Å². The Morgan fingerprint density at radius 2 is 2.20 bits per heavy atom. The summed E-state index contributed by atoms with van der Waals surface area (Å²) in [7, 11) is 0. The Labute approximate surface area is 88.5 Å². The van der Waals surface area contributed by atoms with Gasteiger partial charge in [0.1, 0.15) is 0 Å². The van der Waals surface area contributed by atoms with E-state index in [9.17, 15) is 0 Å². The maximum Gasteiger partial charge on any atom is 0.233 e. The van der Waals surface area contributed by atoms with E-state index in [2.05, 4.69) is 16.2 Å². The van der Waals surface area contributed by atoms with Crippen LogP contribution in [0.5, 0.6) is 0 Å². The van der Waals surface area contributed by atoms with E-state index >= 15 is 0 Å². The Kier molecular flexibility index (Phi) is 2.09. The summed E-state index contributed by atoms with van der Waals surface area (Å²) in [5, 5.41) is 4.05. The Hall–Kier alpha value is -1.16. The number of nitrogens with zero attached hydrogens (tertiary/aromatic N) is 2. The van der Waals surface area contributed by atoms with E-state index in [0.717, 1.165) is 18.1 Å². The van der Waals surface area contributed by atoms with Crippen molar-refractivity contribution >= 4 is 0 Å². The van der Waals surface area contributed by atoms with Crippen LogP contribution >= 0.6 is 0 Å². The van der Waals surface area contributed by atoms with Crippen molar-refractivity contribution < 1.29 is 4.52 Å². The van der Waals surface area contributed by atoms with Gasteiger partial charge >= 0.3 is 0 Å². The lowest BCUT2D eigenvalue weighted by atomic mass is 9.85. The van der Waals surface area contributed by atoms with Crippen LogP contribution in [0.1, 0.15) is 49.2 Å². The summed E-state index contributed by atoms with van der Waals surface area (Å²) in [6.45, 7) is 0. The van der Waals surface area contributed by atoms with E-state index in [1.54, 1.807) is 0 Å². The first-order valence-corrected chi connectivity index (χ1v) is 5.60. The normalized spacial score (nSPS) is 30.7. The lowest BCUT2D eigenvalue weighted by Crippen LogP contribution is -2.14. The first-order chi connectivity index (χ1) is 7.33. The van der Waals surface area contributed by atoms with Crippen LogP contribution in [0.4, 0.5) is 0 Å². The van der Waals surface area contributed by atoms with Gasteiger partial charge < -0.3 is 10.3 Å². The standard InChI is InChI=1S/C11H15N3O/c12-9-5-4-8(6-9)11-13-10(14-15-11)7-2-1-3-7/h4-5,7-9H,1-3,6,12H2. The predicted molar refractivity (Wildman–Crippen MR) is 55.4 cm³/mol. The molecule has 0 aliphatic heterocycles. The highest BCUT2D eigenvalue weighted by molar-refractivity contribution is 5.16. The van der Waals surface area contributed by atoms with Crippen LogP contribution in [-0.4, -0.2) is 16.2 Å². The minimum absolute atomic E-state index is 0.147. The van der Waals surface area contributed by atoms with Crippen LogP contribution in [0.2, 0.25) is 0 Å². The molecule has 1 aromatic rings. The van der Waals surface area contributed by atoms with Crippen LogP contribution in [-0.2, 0) is 0 Å². The molecular weight excluding hydrogens is 190 g/mol. The van der Waals surface area contributed by atoms with Crippen LogP contribution < -0.4 is 5.73 Å². The fourth-order valence-corrected chi connectivity index (χ4v) is 2.14. The van der Waals surface area contributed by atoms with Gasteiger partial charge in [-0.2, -0.15) is 4.98 Å². The summed E-state index contributed by atoms with van der Waals surface area (Å²) in [6.07, 6.45) is 8.69. The minimum Gasteiger partial charge on any atom is -0.339 e. The number of nitrogens with two attached hydrogens (primary N) is 1. The van der Waals surface area contributed by atoms with Crippen molar-refractivity contribution in [3.8, 4) is 0 Å². The third-order valence-electron chi connectivity index (χ3n) is 3.36. The van der Waals surface area contributed by atoms with Crippen molar-refractivity contribution in [3.05, 3.63) is 23.9 Å². The van der Waals surface area contributed by atoms with Gasteiger partial charge in [-0.15, -0.1) is 0 Å². The summed E-state index contributed by atoms with van der Waals surface area (Å²) in [6, 6.07) is 0.147. The van der Waals surface area contributed by atoms with E-state index in [0.29, 0.717) is 5.92 Å². The summed E-state index contributed by atoms with van der Waals surface area (Å²) in [5.74, 6) is 2.41. The average Bonchev–Trinajstić information content (AvgIpc) is 2.70. The highest BCUT2D eigenvalue weighted by atomic mass is 16.5. The Bertz CT molecular complexity index is 381. The average molecular weight is 205 g/mol. The summed E-state index contributed by atoms with van der Waals surface area (Å²) < 4.78 is 5.29. The number of rotatable bonds is 2. The molecule has 1 fully saturated rings. The van der Waals surface area contributed by atoms with E-state index in [1.807, 2.05) is 6.08 Å². The number of hydrogen-bond donors (Lipinski definition) is 1. The number of aromatic nitrogens is 2. The van der Waals surface area contributed by atoms with Gasteiger partial charge in [0, 0.05) is 12.0 Å². The monoisotopic (exact) mass is 205 g/mol. The summed E-state index contributed by atoms with van der Waals surface area (Å²) >= 11 is 0. The number of hydrogen-bond acceptors (Lipinski definition) is 4. The zero-order valence-electron chi connectivity index (χ0n) is 8.60. The third kappa shape index (κ3) is 1.59. The van der Waals surface area contributed by atoms with E-state index in [4.69, 9.17) is 10.3 Å². The molecule has 2 unspecified atom stereocenters. The summed E-state index contributed by atoms with van der Waals surface area (Å²) in [5.41, 5.74) is 5.79. The molecule has 15 heavy (non-hydrogen) atoms. The van der Waals surface area contributed by atoms with Crippen molar-refractivity contribution in [3.63, 3.8) is 0 Å². The molecule has 3 rings (SSSR count). The minimum atomic E-state index is 0.147. The zero-order valence-corrected chi connectivity index (χ0v) is 8.60. The van der Waals surface area contributed by atoms with Gasteiger partial charge in [-0.1, -0.05) is 23.7 Å². The van der Waals surface area contributed by atoms with Gasteiger partial charge in [0.2, 0.25) is 5.89 Å². The molecule has 80 valence electrons. The highest BCUT2D eigenvalue weighted by Crippen LogP contribution is 2.35.